The maximum Gasteiger partial charge on any atom is 0.228 e. The van der Waals surface area contributed by atoms with Crippen molar-refractivity contribution >= 4 is 34.8 Å². The second kappa shape index (κ2) is 6.43. The van der Waals surface area contributed by atoms with E-state index in [1.807, 2.05) is 0 Å². The van der Waals surface area contributed by atoms with Crippen molar-refractivity contribution in [2.75, 3.05) is 0 Å². The highest BCUT2D eigenvalue weighted by Gasteiger charge is 2.36. The van der Waals surface area contributed by atoms with Crippen LogP contribution in [0.5, 0.6) is 11.5 Å². The van der Waals surface area contributed by atoms with E-state index in [1.165, 1.54) is 49.1 Å². The molecule has 0 spiro atoms. The molecule has 0 aliphatic carbocycles. The van der Waals surface area contributed by atoms with Crippen LogP contribution >= 0.6 is 0 Å². The Balaban J connectivity index is 2.01. The van der Waals surface area contributed by atoms with Crippen LogP contribution in [0.3, 0.4) is 0 Å². The first-order chi connectivity index (χ1) is 14.5. The molecule has 1 aliphatic heterocycles. The van der Waals surface area contributed by atoms with Crippen LogP contribution in [0.25, 0.3) is 32.8 Å². The second-order valence-corrected chi connectivity index (χ2v) is 16.1. The van der Waals surface area contributed by atoms with E-state index in [0.717, 1.165) is 11.5 Å². The molecule has 3 aromatic carbocycles. The first-order valence-corrected chi connectivity index (χ1v) is 14.7. The van der Waals surface area contributed by atoms with E-state index in [1.54, 1.807) is 0 Å². The van der Waals surface area contributed by atoms with Crippen molar-refractivity contribution in [1.82, 2.24) is 0 Å². The quantitative estimate of drug-likeness (QED) is 0.214. The van der Waals surface area contributed by atoms with Crippen LogP contribution in [-0.4, -0.2) is 8.07 Å². The summed E-state index contributed by atoms with van der Waals surface area (Å²) in [6, 6.07) is 15.7. The Hall–Kier alpha value is -2.65. The molecule has 3 heteroatoms. The molecule has 0 saturated carbocycles. The summed E-state index contributed by atoms with van der Waals surface area (Å²) in [6.07, 6.45) is 2.20. The summed E-state index contributed by atoms with van der Waals surface area (Å²) in [6.45, 7) is 16.3. The molecule has 0 bridgehead atoms. The van der Waals surface area contributed by atoms with Gasteiger partial charge in [-0.2, -0.15) is 0 Å². The van der Waals surface area contributed by atoms with Gasteiger partial charge in [0.2, 0.25) is 5.69 Å². The third kappa shape index (κ3) is 2.94. The topological polar surface area (TPSA) is 13.1 Å². The van der Waals surface area contributed by atoms with Crippen LogP contribution in [0, 0.1) is 6.92 Å². The highest BCUT2D eigenvalue weighted by molar-refractivity contribution is 6.88. The molecule has 0 saturated heterocycles. The lowest BCUT2D eigenvalue weighted by molar-refractivity contribution is -0.659. The highest BCUT2D eigenvalue weighted by Crippen LogP contribution is 2.52. The molecule has 0 amide bonds. The minimum absolute atomic E-state index is 0.0439. The fourth-order valence-corrected chi connectivity index (χ4v) is 6.25. The van der Waals surface area contributed by atoms with Crippen molar-refractivity contribution in [2.24, 2.45) is 7.05 Å². The summed E-state index contributed by atoms with van der Waals surface area (Å²) in [5.74, 6) is 2.04. The van der Waals surface area contributed by atoms with Crippen LogP contribution in [0.15, 0.2) is 48.7 Å². The van der Waals surface area contributed by atoms with Crippen molar-refractivity contribution in [3.63, 3.8) is 0 Å². The van der Waals surface area contributed by atoms with Gasteiger partial charge in [0.25, 0.3) is 0 Å². The Kier molecular flexibility index (Phi) is 4.20. The SMILES string of the molecule is Cc1c2c(c(C(C)(C)C)c3ccccc13)Oc1cc([Si](C)(C)C)cc3cc[n+](C)c-2c13. The molecule has 31 heavy (non-hydrogen) atoms. The van der Waals surface area contributed by atoms with E-state index in [-0.39, 0.29) is 5.41 Å². The van der Waals surface area contributed by atoms with Gasteiger partial charge in [-0.1, -0.05) is 75.9 Å². The Bertz CT molecular complexity index is 1390. The standard InChI is InChI=1S/C28H32NOSi/c1-17-20-11-9-10-12-21(20)25(28(2,3)4)27-23(17)26-24-18(13-14-29(26)5)15-19(31(6,7)8)16-22(24)30-27/h9-16H,1-8H3/q+1. The second-order valence-electron chi connectivity index (χ2n) is 11.1. The molecule has 158 valence electrons. The molecule has 0 atom stereocenters. The number of nitrogens with zero attached hydrogens (tertiary/aromatic N) is 1. The first-order valence-electron chi connectivity index (χ1n) is 11.2. The van der Waals surface area contributed by atoms with Crippen molar-refractivity contribution in [2.45, 2.75) is 52.8 Å². The predicted octanol–water partition coefficient (Wildman–Crippen LogP) is 6.74. The summed E-state index contributed by atoms with van der Waals surface area (Å²) in [5, 5.41) is 6.56. The smallest absolute Gasteiger partial charge is 0.228 e. The van der Waals surface area contributed by atoms with Crippen molar-refractivity contribution in [3.05, 3.63) is 59.8 Å². The van der Waals surface area contributed by atoms with Gasteiger partial charge >= 0.3 is 0 Å². The van der Waals surface area contributed by atoms with E-state index < -0.39 is 8.07 Å². The maximum atomic E-state index is 6.90. The molecule has 0 unspecified atom stereocenters. The molecule has 0 N–H and O–H groups in total. The summed E-state index contributed by atoms with van der Waals surface area (Å²) >= 11 is 0. The number of benzene rings is 3. The van der Waals surface area contributed by atoms with Gasteiger partial charge in [-0.25, -0.2) is 4.57 Å². The highest BCUT2D eigenvalue weighted by atomic mass is 28.3. The molecule has 0 fully saturated rings. The molecule has 4 aromatic rings. The zero-order valence-corrected chi connectivity index (χ0v) is 21.0. The van der Waals surface area contributed by atoms with Crippen molar-refractivity contribution in [1.29, 1.82) is 0 Å². The van der Waals surface area contributed by atoms with Gasteiger partial charge in [0, 0.05) is 11.6 Å². The summed E-state index contributed by atoms with van der Waals surface area (Å²) in [7, 11) is 0.670. The van der Waals surface area contributed by atoms with Crippen LogP contribution in [0.4, 0.5) is 0 Å². The third-order valence-electron chi connectivity index (χ3n) is 6.69. The number of fused-ring (bicyclic) bond motifs is 3. The molecule has 2 heterocycles. The van der Waals surface area contributed by atoms with E-state index in [9.17, 15) is 0 Å². The van der Waals surface area contributed by atoms with E-state index in [4.69, 9.17) is 4.74 Å². The van der Waals surface area contributed by atoms with E-state index >= 15 is 0 Å². The largest absolute Gasteiger partial charge is 0.455 e. The number of rotatable bonds is 1. The number of hydrogen-bond donors (Lipinski definition) is 0. The summed E-state index contributed by atoms with van der Waals surface area (Å²) < 4.78 is 9.17. The number of ether oxygens (including phenoxy) is 1. The van der Waals surface area contributed by atoms with Crippen LogP contribution < -0.4 is 14.5 Å². The number of pyridine rings is 1. The third-order valence-corrected chi connectivity index (χ3v) is 8.71. The lowest BCUT2D eigenvalue weighted by Crippen LogP contribution is -2.38. The zero-order valence-electron chi connectivity index (χ0n) is 20.0. The zero-order chi connectivity index (χ0) is 22.3. The van der Waals surface area contributed by atoms with Gasteiger partial charge in [-0.3, -0.25) is 0 Å². The molecule has 0 radical (unpaired) electrons. The predicted molar refractivity (Wildman–Crippen MR) is 135 cm³/mol. The van der Waals surface area contributed by atoms with Crippen LogP contribution in [0.1, 0.15) is 31.9 Å². The minimum Gasteiger partial charge on any atom is -0.455 e. The average molecular weight is 427 g/mol. The maximum absolute atomic E-state index is 6.90. The van der Waals surface area contributed by atoms with Gasteiger partial charge in [-0.15, -0.1) is 0 Å². The molecule has 5 rings (SSSR count). The fourth-order valence-electron chi connectivity index (χ4n) is 5.10. The fraction of sp³-hybridized carbons (Fsp3) is 0.321. The molecular weight excluding hydrogens is 394 g/mol. The van der Waals surface area contributed by atoms with Crippen LogP contribution in [0.2, 0.25) is 19.6 Å². The first kappa shape index (κ1) is 20.3. The number of aromatic nitrogens is 1. The molecule has 2 nitrogen and oxygen atoms in total. The summed E-state index contributed by atoms with van der Waals surface area (Å²) in [5.41, 5.74) is 5.05. The minimum atomic E-state index is -1.49. The van der Waals surface area contributed by atoms with Crippen molar-refractivity contribution in [3.8, 4) is 22.8 Å². The Morgan fingerprint density at radius 3 is 2.26 bits per heavy atom. The van der Waals surface area contributed by atoms with Gasteiger partial charge in [0.1, 0.15) is 18.5 Å². The van der Waals surface area contributed by atoms with Gasteiger partial charge in [-0.05, 0) is 40.1 Å². The monoisotopic (exact) mass is 426 g/mol. The lowest BCUT2D eigenvalue weighted by atomic mass is 9.78. The van der Waals surface area contributed by atoms with E-state index in [2.05, 4.69) is 108 Å². The average Bonchev–Trinajstić information content (AvgIpc) is 2.68. The Labute approximate surface area is 186 Å². The number of hydrogen-bond acceptors (Lipinski definition) is 1. The van der Waals surface area contributed by atoms with Crippen molar-refractivity contribution < 1.29 is 9.30 Å². The van der Waals surface area contributed by atoms with Crippen LogP contribution in [-0.2, 0) is 12.5 Å². The molecule has 1 aliphatic rings. The van der Waals surface area contributed by atoms with Gasteiger partial charge in [0.05, 0.1) is 19.0 Å². The molecular formula is C28H32NOSi+. The van der Waals surface area contributed by atoms with Gasteiger partial charge in [0.15, 0.2) is 6.20 Å². The Morgan fingerprint density at radius 2 is 1.61 bits per heavy atom. The molecule has 1 aromatic heterocycles. The number of aryl methyl sites for hydroxylation is 2. The van der Waals surface area contributed by atoms with Gasteiger partial charge < -0.3 is 4.74 Å². The normalized spacial score (nSPS) is 13.4. The van der Waals surface area contributed by atoms with E-state index in [0.29, 0.717) is 0 Å². The Morgan fingerprint density at radius 1 is 0.935 bits per heavy atom. The summed E-state index contributed by atoms with van der Waals surface area (Å²) in [4.78, 5) is 0. The lowest BCUT2D eigenvalue weighted by Gasteiger charge is -2.31.